The molecule has 11 heteroatoms. The maximum Gasteiger partial charge on any atom is 0.301 e. The molecule has 3 aromatic carbocycles. The quantitative estimate of drug-likeness (QED) is 0.109. The number of rotatable bonds is 7. The second-order valence-electron chi connectivity index (χ2n) is 10.9. The van der Waals surface area contributed by atoms with Gasteiger partial charge in [-0.3, -0.25) is 14.5 Å². The van der Waals surface area contributed by atoms with Crippen LogP contribution in [0.1, 0.15) is 34.1 Å². The lowest BCUT2D eigenvalue weighted by Crippen LogP contribution is -2.29. The van der Waals surface area contributed by atoms with E-state index in [1.807, 2.05) is 60.0 Å². The molecule has 0 radical (unpaired) electrons. The van der Waals surface area contributed by atoms with E-state index in [1.165, 1.54) is 23.3 Å². The molecule has 46 heavy (non-hydrogen) atoms. The Balaban J connectivity index is 1.39. The summed E-state index contributed by atoms with van der Waals surface area (Å²) >= 11 is 7.47. The van der Waals surface area contributed by atoms with E-state index in [2.05, 4.69) is 9.97 Å². The zero-order valence-corrected chi connectivity index (χ0v) is 26.6. The van der Waals surface area contributed by atoms with E-state index in [0.29, 0.717) is 45.5 Å². The molecule has 6 aromatic rings. The number of benzene rings is 3. The number of thiazole rings is 1. The smallest absolute Gasteiger partial charge is 0.301 e. The molecule has 0 aliphatic carbocycles. The molecule has 0 bridgehead atoms. The zero-order chi connectivity index (χ0) is 32.1. The lowest BCUT2D eigenvalue weighted by molar-refractivity contribution is -0.132. The van der Waals surface area contributed by atoms with Gasteiger partial charge < -0.3 is 19.0 Å². The van der Waals surface area contributed by atoms with Crippen LogP contribution in [0.4, 0.5) is 5.13 Å². The minimum atomic E-state index is -1.04. The van der Waals surface area contributed by atoms with Crippen LogP contribution in [0.5, 0.6) is 11.5 Å². The van der Waals surface area contributed by atoms with Crippen LogP contribution in [0.25, 0.3) is 21.6 Å². The van der Waals surface area contributed by atoms with Gasteiger partial charge in [0.25, 0.3) is 5.78 Å². The van der Waals surface area contributed by atoms with E-state index >= 15 is 0 Å². The summed E-state index contributed by atoms with van der Waals surface area (Å²) < 4.78 is 14.4. The summed E-state index contributed by atoms with van der Waals surface area (Å²) in [7, 11) is 1.52. The molecule has 7 rings (SSSR count). The third kappa shape index (κ3) is 4.96. The van der Waals surface area contributed by atoms with Crippen LogP contribution in [0.2, 0.25) is 5.02 Å². The molecule has 3 aromatic heterocycles. The van der Waals surface area contributed by atoms with E-state index < -0.39 is 17.7 Å². The van der Waals surface area contributed by atoms with Gasteiger partial charge in [0.15, 0.2) is 22.4 Å². The number of imidazole rings is 1. The summed E-state index contributed by atoms with van der Waals surface area (Å²) in [5.41, 5.74) is 4.38. The number of hydrogen-bond acceptors (Lipinski definition) is 8. The van der Waals surface area contributed by atoms with E-state index in [-0.39, 0.29) is 22.2 Å². The number of anilines is 1. The lowest BCUT2D eigenvalue weighted by atomic mass is 9.96. The van der Waals surface area contributed by atoms with E-state index in [4.69, 9.17) is 21.1 Å². The van der Waals surface area contributed by atoms with Crippen molar-refractivity contribution in [3.63, 3.8) is 0 Å². The van der Waals surface area contributed by atoms with Crippen LogP contribution < -0.4 is 14.4 Å². The molecule has 230 valence electrons. The molecule has 4 heterocycles. The third-order valence-electron chi connectivity index (χ3n) is 8.04. The number of hydrogen-bond donors (Lipinski definition) is 1. The van der Waals surface area contributed by atoms with Gasteiger partial charge in [0.1, 0.15) is 17.9 Å². The Bertz CT molecular complexity index is 2210. The highest BCUT2D eigenvalue weighted by Gasteiger charge is 2.49. The van der Waals surface area contributed by atoms with Crippen molar-refractivity contribution < 1.29 is 24.2 Å². The van der Waals surface area contributed by atoms with Crippen LogP contribution >= 0.6 is 22.9 Å². The average Bonchev–Trinajstić information content (AvgIpc) is 3.72. The molecule has 9 nitrogen and oxygen atoms in total. The molecule has 1 fully saturated rings. The Hall–Kier alpha value is -5.19. The monoisotopic (exact) mass is 650 g/mol. The zero-order valence-electron chi connectivity index (χ0n) is 25.0. The first-order chi connectivity index (χ1) is 22.2. The van der Waals surface area contributed by atoms with Crippen molar-refractivity contribution in [2.75, 3.05) is 12.0 Å². The van der Waals surface area contributed by atoms with Gasteiger partial charge in [-0.25, -0.2) is 9.97 Å². The second-order valence-corrected chi connectivity index (χ2v) is 12.3. The minimum absolute atomic E-state index is 0.105. The minimum Gasteiger partial charge on any atom is -0.505 e. The van der Waals surface area contributed by atoms with Gasteiger partial charge in [-0.05, 0) is 66.9 Å². The number of aliphatic hydroxyl groups excluding tert-OH is 1. The van der Waals surface area contributed by atoms with Crippen molar-refractivity contribution in [3.8, 4) is 11.5 Å². The fourth-order valence-electron chi connectivity index (χ4n) is 5.72. The van der Waals surface area contributed by atoms with Gasteiger partial charge in [-0.1, -0.05) is 65.4 Å². The molecule has 0 saturated carbocycles. The summed E-state index contributed by atoms with van der Waals surface area (Å²) in [4.78, 5) is 38.4. The Morgan fingerprint density at radius 1 is 0.978 bits per heavy atom. The van der Waals surface area contributed by atoms with Crippen molar-refractivity contribution in [3.05, 3.63) is 124 Å². The normalized spacial score (nSPS) is 16.1. The van der Waals surface area contributed by atoms with Crippen molar-refractivity contribution in [2.45, 2.75) is 26.5 Å². The molecule has 0 spiro atoms. The lowest BCUT2D eigenvalue weighted by Gasteiger charge is -2.23. The summed E-state index contributed by atoms with van der Waals surface area (Å²) in [5, 5.41) is 12.7. The number of ether oxygens (including phenoxy) is 2. The van der Waals surface area contributed by atoms with Gasteiger partial charge in [0.2, 0.25) is 0 Å². The number of methoxy groups -OCH3 is 1. The first-order valence-electron chi connectivity index (χ1n) is 14.4. The summed E-state index contributed by atoms with van der Waals surface area (Å²) in [5.74, 6) is -1.17. The van der Waals surface area contributed by atoms with Crippen LogP contribution in [0, 0.1) is 13.8 Å². The van der Waals surface area contributed by atoms with Gasteiger partial charge >= 0.3 is 5.91 Å². The van der Waals surface area contributed by atoms with E-state index in [1.54, 1.807) is 43.3 Å². The standard InChI is InChI=1S/C35H27ClN4O5S/c1-19-8-7-15-39-20(2)29(38-33(19)39)31(41)28-30(22-11-14-25(26(16-22)44-3)45-18-21-9-5-4-6-10-21)40(34(43)32(28)42)35-37-24-13-12-23(36)17-27(24)46-35/h4-17,30,41H,18H2,1-3H3. The van der Waals surface area contributed by atoms with Crippen molar-refractivity contribution in [1.29, 1.82) is 0 Å². The predicted molar refractivity (Wildman–Crippen MR) is 178 cm³/mol. The van der Waals surface area contributed by atoms with Gasteiger partial charge in [0, 0.05) is 11.2 Å². The van der Waals surface area contributed by atoms with Gasteiger partial charge in [-0.15, -0.1) is 0 Å². The van der Waals surface area contributed by atoms with E-state index in [9.17, 15) is 14.7 Å². The number of ketones is 1. The molecular weight excluding hydrogens is 624 g/mol. The SMILES string of the molecule is COc1cc(C2C(=C(O)c3nc4c(C)cccn4c3C)C(=O)C(=O)N2c2nc3ccc(Cl)cc3s2)ccc1OCc1ccccc1. The molecule has 1 saturated heterocycles. The molecule has 1 amide bonds. The Labute approximate surface area is 272 Å². The number of nitrogens with zero attached hydrogens (tertiary/aromatic N) is 4. The number of aryl methyl sites for hydroxylation is 2. The first kappa shape index (κ1) is 29.5. The number of carbonyl (C=O) groups excluding carboxylic acids is 2. The summed E-state index contributed by atoms with van der Waals surface area (Å²) in [6.45, 7) is 4.03. The van der Waals surface area contributed by atoms with Crippen LogP contribution in [0.3, 0.4) is 0 Å². The highest BCUT2D eigenvalue weighted by atomic mass is 35.5. The maximum atomic E-state index is 13.9. The largest absolute Gasteiger partial charge is 0.505 e. The van der Waals surface area contributed by atoms with Crippen LogP contribution in [0.15, 0.2) is 90.6 Å². The molecule has 1 N–H and O–H groups in total. The fraction of sp³-hybridized carbons (Fsp3) is 0.143. The number of Topliss-reactive ketones (excluding diaryl/α,β-unsaturated/α-hetero) is 1. The summed E-state index contributed by atoms with van der Waals surface area (Å²) in [6.07, 6.45) is 1.84. The number of aromatic nitrogens is 3. The second kappa shape index (κ2) is 11.6. The van der Waals surface area contributed by atoms with Crippen LogP contribution in [-0.2, 0) is 16.2 Å². The van der Waals surface area contributed by atoms with Gasteiger partial charge in [0.05, 0.1) is 34.6 Å². The maximum absolute atomic E-state index is 13.9. The first-order valence-corrected chi connectivity index (χ1v) is 15.6. The number of amides is 1. The number of carbonyl (C=O) groups is 2. The van der Waals surface area contributed by atoms with Crippen LogP contribution in [-0.4, -0.2) is 38.3 Å². The summed E-state index contributed by atoms with van der Waals surface area (Å²) in [6, 6.07) is 22.9. The van der Waals surface area contributed by atoms with Crippen molar-refractivity contribution in [2.24, 2.45) is 0 Å². The number of halogens is 1. The highest BCUT2D eigenvalue weighted by Crippen LogP contribution is 2.46. The highest BCUT2D eigenvalue weighted by molar-refractivity contribution is 7.22. The Morgan fingerprint density at radius 3 is 2.54 bits per heavy atom. The van der Waals surface area contributed by atoms with E-state index in [0.717, 1.165) is 15.8 Å². The molecule has 1 aliphatic heterocycles. The third-order valence-corrected chi connectivity index (χ3v) is 9.29. The number of pyridine rings is 1. The molecular formula is C35H27ClN4O5S. The molecule has 1 aliphatic rings. The Kier molecular flexibility index (Phi) is 7.46. The predicted octanol–water partition coefficient (Wildman–Crippen LogP) is 7.43. The molecule has 1 atom stereocenters. The van der Waals surface area contributed by atoms with Gasteiger partial charge in [-0.2, -0.15) is 0 Å². The number of fused-ring (bicyclic) bond motifs is 2. The van der Waals surface area contributed by atoms with Crippen molar-refractivity contribution >= 4 is 61.4 Å². The van der Waals surface area contributed by atoms with Crippen molar-refractivity contribution in [1.82, 2.24) is 14.4 Å². The average molecular weight is 651 g/mol. The Morgan fingerprint density at radius 2 is 1.78 bits per heavy atom. The molecule has 1 unspecified atom stereocenters. The topological polar surface area (TPSA) is 106 Å². The number of aliphatic hydroxyl groups is 1. The fourth-order valence-corrected chi connectivity index (χ4v) is 6.99.